The highest BCUT2D eigenvalue weighted by Gasteiger charge is 2.29. The van der Waals surface area contributed by atoms with E-state index in [0.29, 0.717) is 37.4 Å². The van der Waals surface area contributed by atoms with Crippen LogP contribution in [0.5, 0.6) is 5.75 Å². The summed E-state index contributed by atoms with van der Waals surface area (Å²) in [5, 5.41) is 3.67. The number of hydrogen-bond acceptors (Lipinski definition) is 3. The molecular formula is C28H31ClN2O3. The number of carbonyl (C=O) groups excluding carboxylic acids is 2. The molecule has 0 saturated heterocycles. The van der Waals surface area contributed by atoms with Crippen LogP contribution in [0.3, 0.4) is 0 Å². The van der Waals surface area contributed by atoms with Crippen molar-refractivity contribution in [3.05, 3.63) is 101 Å². The maximum Gasteiger partial charge on any atom is 0.243 e. The SMILES string of the molecule is CCCC(=O)N(Cc1ccc(OC)cc1)[C@H](Cc1ccccc1)C(=O)NCc1ccc(Cl)cc1. The number of nitrogens with one attached hydrogen (secondary N) is 1. The number of benzene rings is 3. The van der Waals surface area contributed by atoms with E-state index in [-0.39, 0.29) is 11.8 Å². The standard InChI is InChI=1S/C28H31ClN2O3/c1-3-7-27(32)31(20-23-12-16-25(34-2)17-13-23)26(18-21-8-5-4-6-9-21)28(33)30-19-22-10-14-24(29)15-11-22/h4-6,8-17,26H,3,7,18-20H2,1-2H3,(H,30,33)/t26-/m1/s1. The van der Waals surface area contributed by atoms with E-state index in [1.54, 1.807) is 24.1 Å². The molecule has 5 nitrogen and oxygen atoms in total. The summed E-state index contributed by atoms with van der Waals surface area (Å²) in [6.07, 6.45) is 1.52. The smallest absolute Gasteiger partial charge is 0.243 e. The molecule has 3 rings (SSSR count). The number of halogens is 1. The molecule has 3 aromatic rings. The lowest BCUT2D eigenvalue weighted by atomic mass is 10.0. The van der Waals surface area contributed by atoms with Crippen molar-refractivity contribution >= 4 is 23.4 Å². The maximum atomic E-state index is 13.5. The van der Waals surface area contributed by atoms with Gasteiger partial charge in [0.1, 0.15) is 11.8 Å². The topological polar surface area (TPSA) is 58.6 Å². The monoisotopic (exact) mass is 478 g/mol. The van der Waals surface area contributed by atoms with Crippen LogP contribution in [0.25, 0.3) is 0 Å². The number of rotatable bonds is 11. The number of ether oxygens (including phenoxy) is 1. The van der Waals surface area contributed by atoms with E-state index >= 15 is 0 Å². The van der Waals surface area contributed by atoms with E-state index in [9.17, 15) is 9.59 Å². The van der Waals surface area contributed by atoms with Crippen molar-refractivity contribution < 1.29 is 14.3 Å². The molecule has 2 amide bonds. The maximum absolute atomic E-state index is 13.5. The Bertz CT molecular complexity index is 1050. The fourth-order valence-electron chi connectivity index (χ4n) is 3.75. The van der Waals surface area contributed by atoms with E-state index in [4.69, 9.17) is 16.3 Å². The molecule has 0 bridgehead atoms. The molecule has 0 saturated carbocycles. The van der Waals surface area contributed by atoms with Crippen LogP contribution in [0, 0.1) is 0 Å². The van der Waals surface area contributed by atoms with Crippen LogP contribution in [-0.2, 0) is 29.1 Å². The van der Waals surface area contributed by atoms with Crippen LogP contribution in [-0.4, -0.2) is 29.9 Å². The van der Waals surface area contributed by atoms with Crippen LogP contribution in [0.2, 0.25) is 5.02 Å². The second kappa shape index (κ2) is 12.8. The van der Waals surface area contributed by atoms with Crippen molar-refractivity contribution in [1.29, 1.82) is 0 Å². The van der Waals surface area contributed by atoms with Crippen LogP contribution < -0.4 is 10.1 Å². The average Bonchev–Trinajstić information content (AvgIpc) is 2.86. The molecule has 0 spiro atoms. The van der Waals surface area contributed by atoms with Gasteiger partial charge in [-0.05, 0) is 47.4 Å². The summed E-state index contributed by atoms with van der Waals surface area (Å²) in [6, 6.07) is 24.1. The quantitative estimate of drug-likeness (QED) is 0.401. The molecule has 0 aliphatic heterocycles. The molecule has 6 heteroatoms. The molecule has 0 aliphatic carbocycles. The van der Waals surface area contributed by atoms with E-state index in [1.165, 1.54) is 0 Å². The minimum absolute atomic E-state index is 0.0408. The summed E-state index contributed by atoms with van der Waals surface area (Å²) in [5.41, 5.74) is 2.88. The Kier molecular flexibility index (Phi) is 9.53. The first-order chi connectivity index (χ1) is 16.5. The Morgan fingerprint density at radius 2 is 1.56 bits per heavy atom. The fourth-order valence-corrected chi connectivity index (χ4v) is 3.87. The Balaban J connectivity index is 1.86. The highest BCUT2D eigenvalue weighted by atomic mass is 35.5. The molecule has 34 heavy (non-hydrogen) atoms. The molecule has 178 valence electrons. The van der Waals surface area contributed by atoms with Gasteiger partial charge in [0.2, 0.25) is 11.8 Å². The van der Waals surface area contributed by atoms with Crippen molar-refractivity contribution in [1.82, 2.24) is 10.2 Å². The van der Waals surface area contributed by atoms with Gasteiger partial charge in [0, 0.05) is 31.0 Å². The van der Waals surface area contributed by atoms with Gasteiger partial charge in [0.05, 0.1) is 7.11 Å². The highest BCUT2D eigenvalue weighted by Crippen LogP contribution is 2.19. The summed E-state index contributed by atoms with van der Waals surface area (Å²) in [7, 11) is 1.62. The summed E-state index contributed by atoms with van der Waals surface area (Å²) >= 11 is 5.98. The third-order valence-corrected chi connectivity index (χ3v) is 5.88. The number of amides is 2. The van der Waals surface area contributed by atoms with Crippen molar-refractivity contribution in [3.63, 3.8) is 0 Å². The fraction of sp³-hybridized carbons (Fsp3) is 0.286. The summed E-state index contributed by atoms with van der Waals surface area (Å²) in [6.45, 7) is 2.67. The van der Waals surface area contributed by atoms with Crippen LogP contribution in [0.15, 0.2) is 78.9 Å². The van der Waals surface area contributed by atoms with E-state index in [1.807, 2.05) is 73.7 Å². The molecule has 3 aromatic carbocycles. The van der Waals surface area contributed by atoms with Crippen molar-refractivity contribution in [3.8, 4) is 5.75 Å². The number of methoxy groups -OCH3 is 1. The van der Waals surface area contributed by atoms with Crippen LogP contribution in [0.1, 0.15) is 36.5 Å². The van der Waals surface area contributed by atoms with Crippen molar-refractivity contribution in [2.75, 3.05) is 7.11 Å². The molecule has 1 N–H and O–H groups in total. The van der Waals surface area contributed by atoms with Gasteiger partial charge in [-0.2, -0.15) is 0 Å². The van der Waals surface area contributed by atoms with Gasteiger partial charge in [-0.15, -0.1) is 0 Å². The number of carbonyl (C=O) groups is 2. The van der Waals surface area contributed by atoms with Crippen molar-refractivity contribution in [2.45, 2.75) is 45.3 Å². The predicted molar refractivity (Wildman–Crippen MR) is 136 cm³/mol. The third kappa shape index (κ3) is 7.35. The van der Waals surface area contributed by atoms with Gasteiger partial charge in [0.15, 0.2) is 0 Å². The lowest BCUT2D eigenvalue weighted by molar-refractivity contribution is -0.141. The Labute approximate surface area is 206 Å². The molecule has 1 atom stereocenters. The molecule has 0 fully saturated rings. The second-order valence-electron chi connectivity index (χ2n) is 8.17. The van der Waals surface area contributed by atoms with E-state index < -0.39 is 6.04 Å². The largest absolute Gasteiger partial charge is 0.497 e. The first-order valence-corrected chi connectivity index (χ1v) is 11.9. The Morgan fingerprint density at radius 1 is 0.912 bits per heavy atom. The number of hydrogen-bond donors (Lipinski definition) is 1. The molecule has 0 radical (unpaired) electrons. The Morgan fingerprint density at radius 3 is 2.18 bits per heavy atom. The van der Waals surface area contributed by atoms with Gasteiger partial charge >= 0.3 is 0 Å². The zero-order valence-electron chi connectivity index (χ0n) is 19.7. The normalized spacial score (nSPS) is 11.5. The molecule has 0 aromatic heterocycles. The average molecular weight is 479 g/mol. The van der Waals surface area contributed by atoms with Crippen LogP contribution >= 0.6 is 11.6 Å². The zero-order chi connectivity index (χ0) is 24.3. The lowest BCUT2D eigenvalue weighted by Gasteiger charge is -2.31. The van der Waals surface area contributed by atoms with Gasteiger partial charge in [0.25, 0.3) is 0 Å². The molecular weight excluding hydrogens is 448 g/mol. The van der Waals surface area contributed by atoms with Gasteiger partial charge in [-0.25, -0.2) is 0 Å². The molecule has 0 unspecified atom stereocenters. The van der Waals surface area contributed by atoms with Crippen LogP contribution in [0.4, 0.5) is 0 Å². The summed E-state index contributed by atoms with van der Waals surface area (Å²) in [4.78, 5) is 28.4. The van der Waals surface area contributed by atoms with Gasteiger partial charge in [-0.3, -0.25) is 9.59 Å². The summed E-state index contributed by atoms with van der Waals surface area (Å²) in [5.74, 6) is 0.523. The lowest BCUT2D eigenvalue weighted by Crippen LogP contribution is -2.50. The first-order valence-electron chi connectivity index (χ1n) is 11.5. The minimum atomic E-state index is -0.643. The zero-order valence-corrected chi connectivity index (χ0v) is 20.4. The van der Waals surface area contributed by atoms with Gasteiger partial charge in [-0.1, -0.05) is 73.1 Å². The minimum Gasteiger partial charge on any atom is -0.497 e. The Hall–Kier alpha value is -3.31. The van der Waals surface area contributed by atoms with Gasteiger partial charge < -0.3 is 15.0 Å². The molecule has 0 aliphatic rings. The van der Waals surface area contributed by atoms with E-state index in [2.05, 4.69) is 5.32 Å². The highest BCUT2D eigenvalue weighted by molar-refractivity contribution is 6.30. The second-order valence-corrected chi connectivity index (χ2v) is 8.61. The summed E-state index contributed by atoms with van der Waals surface area (Å²) < 4.78 is 5.25. The number of nitrogens with zero attached hydrogens (tertiary/aromatic N) is 1. The van der Waals surface area contributed by atoms with E-state index in [0.717, 1.165) is 22.4 Å². The predicted octanol–water partition coefficient (Wildman–Crippen LogP) is 5.41. The third-order valence-electron chi connectivity index (χ3n) is 5.63. The molecule has 0 heterocycles. The first kappa shape index (κ1) is 25.3. The van der Waals surface area contributed by atoms with Crippen molar-refractivity contribution in [2.24, 2.45) is 0 Å².